The maximum atomic E-state index is 3.22. The predicted octanol–water partition coefficient (Wildman–Crippen LogP) is 0.0926. The van der Waals surface area contributed by atoms with Crippen molar-refractivity contribution in [1.82, 2.24) is 10.2 Å². The third-order valence-electron chi connectivity index (χ3n) is 1.66. The van der Waals surface area contributed by atoms with Crippen molar-refractivity contribution in [2.45, 2.75) is 12.6 Å². The van der Waals surface area contributed by atoms with Crippen LogP contribution in [0.2, 0.25) is 0 Å². The average molecular weight is 96.1 g/mol. The Balaban J connectivity index is 2.28. The average Bonchev–Trinajstić information content (AvgIpc) is 2.09. The Kier molecular flexibility index (Phi) is 0.317. The number of hydrogen-bond donors (Lipinski definition) is 1. The first-order valence-electron chi connectivity index (χ1n) is 2.52. The molecule has 0 aliphatic carbocycles. The quantitative estimate of drug-likeness (QED) is 0.430. The molecule has 0 unspecified atom stereocenters. The second-order valence-corrected chi connectivity index (χ2v) is 2.36. The van der Waals surface area contributed by atoms with Gasteiger partial charge in [-0.05, 0) is 6.92 Å². The van der Waals surface area contributed by atoms with Gasteiger partial charge < -0.3 is 10.2 Å². The summed E-state index contributed by atoms with van der Waals surface area (Å²) >= 11 is 0. The smallest absolute Gasteiger partial charge is 0.125 e. The van der Waals surface area contributed by atoms with Crippen LogP contribution in [0.15, 0.2) is 12.4 Å². The molecular formula is C5H8N2. The Hall–Kier alpha value is -0.660. The number of hydrogen-bond acceptors (Lipinski definition) is 2. The zero-order chi connectivity index (χ0) is 4.91. The van der Waals surface area contributed by atoms with Gasteiger partial charge in [0.1, 0.15) is 5.66 Å². The summed E-state index contributed by atoms with van der Waals surface area (Å²) in [6.07, 6.45) is 4.07. The van der Waals surface area contributed by atoms with Crippen molar-refractivity contribution >= 4 is 0 Å². The van der Waals surface area contributed by atoms with E-state index in [1.807, 2.05) is 6.20 Å². The molecule has 0 amide bonds. The predicted molar refractivity (Wildman–Crippen MR) is 27.4 cm³/mol. The molecule has 1 N–H and O–H groups in total. The van der Waals surface area contributed by atoms with Crippen molar-refractivity contribution in [3.63, 3.8) is 0 Å². The summed E-state index contributed by atoms with van der Waals surface area (Å²) in [6, 6.07) is 0. The summed E-state index contributed by atoms with van der Waals surface area (Å²) in [6.45, 7) is 3.37. The Bertz CT molecular complexity index is 130. The van der Waals surface area contributed by atoms with Crippen LogP contribution in [-0.4, -0.2) is 17.1 Å². The molecule has 1 fully saturated rings. The molecule has 2 aliphatic rings. The van der Waals surface area contributed by atoms with E-state index in [0.717, 1.165) is 0 Å². The van der Waals surface area contributed by atoms with E-state index in [9.17, 15) is 0 Å². The molecule has 2 rings (SSSR count). The molecule has 0 aromatic heterocycles. The molecule has 7 heavy (non-hydrogen) atoms. The van der Waals surface area contributed by atoms with Crippen LogP contribution < -0.4 is 5.32 Å². The summed E-state index contributed by atoms with van der Waals surface area (Å²) in [4.78, 5) is 2.26. The highest BCUT2D eigenvalue weighted by Gasteiger charge is 2.47. The standard InChI is InChI=1S/C5H8N2/c1-5-4-7(5)3-2-6-5/h2-3,6H,4H2,1H3/t5-,7?/m1/s1. The van der Waals surface area contributed by atoms with Gasteiger partial charge in [0.15, 0.2) is 0 Å². The zero-order valence-electron chi connectivity index (χ0n) is 4.31. The van der Waals surface area contributed by atoms with Gasteiger partial charge in [0.2, 0.25) is 0 Å². The van der Waals surface area contributed by atoms with Crippen LogP contribution in [0, 0.1) is 0 Å². The highest BCUT2D eigenvalue weighted by Crippen LogP contribution is 2.32. The van der Waals surface area contributed by atoms with Gasteiger partial charge in [0.05, 0.1) is 6.54 Å². The van der Waals surface area contributed by atoms with Crippen LogP contribution in [0.3, 0.4) is 0 Å². The topological polar surface area (TPSA) is 15.0 Å². The third kappa shape index (κ3) is 0.253. The number of fused-ring (bicyclic) bond motifs is 1. The highest BCUT2D eigenvalue weighted by molar-refractivity contribution is 5.15. The molecule has 0 aromatic carbocycles. The minimum absolute atomic E-state index is 0.333. The van der Waals surface area contributed by atoms with E-state index in [1.54, 1.807) is 0 Å². The molecule has 2 heterocycles. The van der Waals surface area contributed by atoms with Crippen molar-refractivity contribution in [2.75, 3.05) is 6.54 Å². The molecule has 0 saturated carbocycles. The number of nitrogens with zero attached hydrogens (tertiary/aromatic N) is 1. The van der Waals surface area contributed by atoms with Gasteiger partial charge >= 0.3 is 0 Å². The largest absolute Gasteiger partial charge is 0.366 e. The lowest BCUT2D eigenvalue weighted by Crippen LogP contribution is -2.22. The first-order valence-corrected chi connectivity index (χ1v) is 2.52. The summed E-state index contributed by atoms with van der Waals surface area (Å²) in [5, 5.41) is 3.22. The molecule has 0 aromatic rings. The van der Waals surface area contributed by atoms with Crippen LogP contribution in [0.25, 0.3) is 0 Å². The lowest BCUT2D eigenvalue weighted by atomic mass is 10.4. The van der Waals surface area contributed by atoms with Crippen molar-refractivity contribution in [1.29, 1.82) is 0 Å². The van der Waals surface area contributed by atoms with Gasteiger partial charge in [-0.25, -0.2) is 0 Å². The monoisotopic (exact) mass is 96.1 g/mol. The second-order valence-electron chi connectivity index (χ2n) is 2.36. The van der Waals surface area contributed by atoms with Crippen LogP contribution in [0.1, 0.15) is 6.92 Å². The number of rotatable bonds is 0. The molecule has 2 heteroatoms. The van der Waals surface area contributed by atoms with Gasteiger partial charge in [-0.1, -0.05) is 0 Å². The van der Waals surface area contributed by atoms with Gasteiger partial charge in [-0.15, -0.1) is 0 Å². The Morgan fingerprint density at radius 1 is 1.86 bits per heavy atom. The van der Waals surface area contributed by atoms with Gasteiger partial charge in [0.25, 0.3) is 0 Å². The summed E-state index contributed by atoms with van der Waals surface area (Å²) in [5.74, 6) is 0. The minimum atomic E-state index is 0.333. The van der Waals surface area contributed by atoms with E-state index >= 15 is 0 Å². The van der Waals surface area contributed by atoms with E-state index in [4.69, 9.17) is 0 Å². The SMILES string of the molecule is C[C@]12CN1C=CN2. The minimum Gasteiger partial charge on any atom is -0.366 e. The fourth-order valence-electron chi connectivity index (χ4n) is 0.949. The first kappa shape index (κ1) is 3.36. The highest BCUT2D eigenvalue weighted by atomic mass is 15.5. The number of nitrogens with one attached hydrogen (secondary N) is 1. The lowest BCUT2D eigenvalue weighted by Gasteiger charge is -2.00. The van der Waals surface area contributed by atoms with Gasteiger partial charge in [0, 0.05) is 12.4 Å². The van der Waals surface area contributed by atoms with Gasteiger partial charge in [-0.2, -0.15) is 0 Å². The molecule has 1 saturated heterocycles. The summed E-state index contributed by atoms with van der Waals surface area (Å²) in [7, 11) is 0. The van der Waals surface area contributed by atoms with Crippen LogP contribution in [0.5, 0.6) is 0 Å². The summed E-state index contributed by atoms with van der Waals surface area (Å²) in [5.41, 5.74) is 0.333. The van der Waals surface area contributed by atoms with Crippen LogP contribution in [-0.2, 0) is 0 Å². The maximum absolute atomic E-state index is 3.22. The van der Waals surface area contributed by atoms with Crippen molar-refractivity contribution in [3.8, 4) is 0 Å². The summed E-state index contributed by atoms with van der Waals surface area (Å²) < 4.78 is 0. The zero-order valence-corrected chi connectivity index (χ0v) is 4.31. The van der Waals surface area contributed by atoms with E-state index in [2.05, 4.69) is 23.3 Å². The molecule has 0 bridgehead atoms. The molecule has 2 aliphatic heterocycles. The third-order valence-corrected chi connectivity index (χ3v) is 1.66. The van der Waals surface area contributed by atoms with Crippen molar-refractivity contribution in [3.05, 3.63) is 12.4 Å². The Morgan fingerprint density at radius 2 is 2.71 bits per heavy atom. The van der Waals surface area contributed by atoms with E-state index in [1.165, 1.54) is 6.54 Å². The molecule has 1 atom stereocenters. The lowest BCUT2D eigenvalue weighted by molar-refractivity contribution is 0.530. The van der Waals surface area contributed by atoms with Crippen molar-refractivity contribution in [2.24, 2.45) is 0 Å². The van der Waals surface area contributed by atoms with E-state index in [-0.39, 0.29) is 0 Å². The normalized spacial score (nSPS) is 43.3. The first-order chi connectivity index (χ1) is 3.31. The Labute approximate surface area is 42.8 Å². The molecule has 38 valence electrons. The second kappa shape index (κ2) is 0.661. The van der Waals surface area contributed by atoms with Crippen LogP contribution >= 0.6 is 0 Å². The van der Waals surface area contributed by atoms with Crippen molar-refractivity contribution < 1.29 is 0 Å². The fourth-order valence-corrected chi connectivity index (χ4v) is 0.949. The van der Waals surface area contributed by atoms with E-state index in [0.29, 0.717) is 5.66 Å². The molecule has 2 nitrogen and oxygen atoms in total. The van der Waals surface area contributed by atoms with E-state index < -0.39 is 0 Å². The fraction of sp³-hybridized carbons (Fsp3) is 0.600. The molecular weight excluding hydrogens is 88.1 g/mol. The Morgan fingerprint density at radius 3 is 2.86 bits per heavy atom. The van der Waals surface area contributed by atoms with Gasteiger partial charge in [-0.3, -0.25) is 0 Å². The van der Waals surface area contributed by atoms with Crippen LogP contribution in [0.4, 0.5) is 0 Å². The maximum Gasteiger partial charge on any atom is 0.125 e. The molecule has 0 radical (unpaired) electrons. The molecule has 0 spiro atoms.